The van der Waals surface area contributed by atoms with E-state index in [9.17, 15) is 9.59 Å². The van der Waals surface area contributed by atoms with Gasteiger partial charge in [0.15, 0.2) is 17.6 Å². The molecule has 1 N–H and O–H groups in total. The number of ether oxygens (including phenoxy) is 3. The van der Waals surface area contributed by atoms with Crippen molar-refractivity contribution in [2.75, 3.05) is 6.79 Å². The molecule has 0 saturated heterocycles. The van der Waals surface area contributed by atoms with E-state index in [1.165, 1.54) is 0 Å². The zero-order chi connectivity index (χ0) is 15.5. The molecule has 6 heteroatoms. The summed E-state index contributed by atoms with van der Waals surface area (Å²) in [5.74, 6) is 0.815. The molecular weight excluding hydrogens is 286 g/mol. The summed E-state index contributed by atoms with van der Waals surface area (Å²) in [5, 5.41) is 2.81. The van der Waals surface area contributed by atoms with E-state index in [2.05, 4.69) is 5.32 Å². The fraction of sp³-hybridized carbons (Fsp3) is 0.500. The quantitative estimate of drug-likeness (QED) is 0.807. The van der Waals surface area contributed by atoms with Crippen molar-refractivity contribution in [1.29, 1.82) is 0 Å². The van der Waals surface area contributed by atoms with Gasteiger partial charge >= 0.3 is 5.97 Å². The summed E-state index contributed by atoms with van der Waals surface area (Å²) in [7, 11) is 0. The molecule has 1 saturated carbocycles. The van der Waals surface area contributed by atoms with Crippen LogP contribution < -0.4 is 14.8 Å². The van der Waals surface area contributed by atoms with E-state index in [1.54, 1.807) is 6.92 Å². The largest absolute Gasteiger partial charge is 0.454 e. The predicted octanol–water partition coefficient (Wildman–Crippen LogP) is 1.56. The molecular formula is C16H19NO5. The van der Waals surface area contributed by atoms with E-state index in [4.69, 9.17) is 14.2 Å². The summed E-state index contributed by atoms with van der Waals surface area (Å²) >= 11 is 0. The van der Waals surface area contributed by atoms with Crippen LogP contribution in [0, 0.1) is 0 Å². The molecule has 1 unspecified atom stereocenters. The van der Waals surface area contributed by atoms with Gasteiger partial charge in [-0.25, -0.2) is 0 Å². The number of nitrogens with one attached hydrogen (secondary N) is 1. The SMILES string of the molecule is CC(OC(=O)CCc1ccc2c(c1)OCO2)C(=O)NC1CC1. The highest BCUT2D eigenvalue weighted by atomic mass is 16.7. The molecule has 22 heavy (non-hydrogen) atoms. The lowest BCUT2D eigenvalue weighted by atomic mass is 10.1. The number of aryl methyl sites for hydroxylation is 1. The number of benzene rings is 1. The first-order chi connectivity index (χ1) is 10.6. The van der Waals surface area contributed by atoms with Gasteiger partial charge in [-0.1, -0.05) is 6.07 Å². The molecule has 0 radical (unpaired) electrons. The molecule has 1 amide bonds. The van der Waals surface area contributed by atoms with Crippen molar-refractivity contribution in [2.45, 2.75) is 44.8 Å². The van der Waals surface area contributed by atoms with E-state index in [0.717, 1.165) is 24.2 Å². The smallest absolute Gasteiger partial charge is 0.306 e. The first-order valence-corrected chi connectivity index (χ1v) is 7.50. The molecule has 1 heterocycles. The van der Waals surface area contributed by atoms with Crippen molar-refractivity contribution in [3.63, 3.8) is 0 Å². The highest BCUT2D eigenvalue weighted by Crippen LogP contribution is 2.32. The van der Waals surface area contributed by atoms with Crippen LogP contribution in [0.15, 0.2) is 18.2 Å². The van der Waals surface area contributed by atoms with Crippen LogP contribution in [-0.2, 0) is 20.7 Å². The van der Waals surface area contributed by atoms with Crippen LogP contribution in [-0.4, -0.2) is 30.8 Å². The minimum atomic E-state index is -0.746. The van der Waals surface area contributed by atoms with Crippen LogP contribution in [0.1, 0.15) is 31.7 Å². The maximum Gasteiger partial charge on any atom is 0.306 e. The van der Waals surface area contributed by atoms with Crippen molar-refractivity contribution in [1.82, 2.24) is 5.32 Å². The molecule has 1 aromatic rings. The minimum absolute atomic E-state index is 0.223. The van der Waals surface area contributed by atoms with E-state index >= 15 is 0 Å². The van der Waals surface area contributed by atoms with Gasteiger partial charge in [0.05, 0.1) is 0 Å². The van der Waals surface area contributed by atoms with Crippen molar-refractivity contribution < 1.29 is 23.8 Å². The molecule has 118 valence electrons. The summed E-state index contributed by atoms with van der Waals surface area (Å²) in [6, 6.07) is 5.85. The van der Waals surface area contributed by atoms with Crippen molar-refractivity contribution >= 4 is 11.9 Å². The van der Waals surface area contributed by atoms with Crippen LogP contribution >= 0.6 is 0 Å². The van der Waals surface area contributed by atoms with Crippen molar-refractivity contribution in [3.8, 4) is 11.5 Å². The number of carbonyl (C=O) groups is 2. The molecule has 0 aromatic heterocycles. The lowest BCUT2D eigenvalue weighted by Crippen LogP contribution is -2.37. The molecule has 1 aromatic carbocycles. The monoisotopic (exact) mass is 305 g/mol. The second kappa shape index (κ2) is 6.25. The first-order valence-electron chi connectivity index (χ1n) is 7.50. The highest BCUT2D eigenvalue weighted by molar-refractivity contribution is 5.83. The van der Waals surface area contributed by atoms with E-state index in [1.807, 2.05) is 18.2 Å². The predicted molar refractivity (Wildman–Crippen MR) is 77.6 cm³/mol. The zero-order valence-electron chi connectivity index (χ0n) is 12.5. The Bertz CT molecular complexity index is 582. The average Bonchev–Trinajstić information content (AvgIpc) is 3.19. The van der Waals surface area contributed by atoms with Crippen LogP contribution in [0.25, 0.3) is 0 Å². The molecule has 1 aliphatic carbocycles. The number of carbonyl (C=O) groups excluding carboxylic acids is 2. The number of rotatable bonds is 6. The third kappa shape index (κ3) is 3.69. The topological polar surface area (TPSA) is 73.9 Å². The van der Waals surface area contributed by atoms with Crippen LogP contribution in [0.4, 0.5) is 0 Å². The Morgan fingerprint density at radius 1 is 1.32 bits per heavy atom. The number of esters is 1. The van der Waals surface area contributed by atoms with Gasteiger partial charge in [0.25, 0.3) is 5.91 Å². The Kier molecular flexibility index (Phi) is 4.18. The van der Waals surface area contributed by atoms with Crippen LogP contribution in [0.2, 0.25) is 0 Å². The van der Waals surface area contributed by atoms with Crippen LogP contribution in [0.5, 0.6) is 11.5 Å². The minimum Gasteiger partial charge on any atom is -0.454 e. The van der Waals surface area contributed by atoms with Gasteiger partial charge < -0.3 is 19.5 Å². The summed E-state index contributed by atoms with van der Waals surface area (Å²) in [5.41, 5.74) is 0.969. The molecule has 0 bridgehead atoms. The Hall–Kier alpha value is -2.24. The van der Waals surface area contributed by atoms with Crippen molar-refractivity contribution in [3.05, 3.63) is 23.8 Å². The highest BCUT2D eigenvalue weighted by Gasteiger charge is 2.27. The summed E-state index contributed by atoms with van der Waals surface area (Å²) < 4.78 is 15.7. The Balaban J connectivity index is 1.44. The van der Waals surface area contributed by atoms with E-state index in [0.29, 0.717) is 12.2 Å². The molecule has 1 atom stereocenters. The number of fused-ring (bicyclic) bond motifs is 1. The number of hydrogen-bond donors (Lipinski definition) is 1. The second-order valence-electron chi connectivity index (χ2n) is 5.60. The molecule has 3 rings (SSSR count). The van der Waals surface area contributed by atoms with Gasteiger partial charge in [0.2, 0.25) is 6.79 Å². The Morgan fingerprint density at radius 3 is 2.86 bits per heavy atom. The first kappa shape index (κ1) is 14.7. The van der Waals surface area contributed by atoms with Crippen molar-refractivity contribution in [2.24, 2.45) is 0 Å². The Morgan fingerprint density at radius 2 is 2.09 bits per heavy atom. The van der Waals surface area contributed by atoms with E-state index < -0.39 is 6.10 Å². The lowest BCUT2D eigenvalue weighted by molar-refractivity contribution is -0.154. The van der Waals surface area contributed by atoms with Gasteiger partial charge in [-0.15, -0.1) is 0 Å². The van der Waals surface area contributed by atoms with Gasteiger partial charge in [0.1, 0.15) is 0 Å². The van der Waals surface area contributed by atoms with E-state index in [-0.39, 0.29) is 31.1 Å². The molecule has 6 nitrogen and oxygen atoms in total. The maximum absolute atomic E-state index is 11.8. The molecule has 1 fully saturated rings. The fourth-order valence-electron chi connectivity index (χ4n) is 2.20. The molecule has 0 spiro atoms. The normalized spacial score (nSPS) is 17.0. The number of hydrogen-bond acceptors (Lipinski definition) is 5. The summed E-state index contributed by atoms with van der Waals surface area (Å²) in [4.78, 5) is 23.5. The summed E-state index contributed by atoms with van der Waals surface area (Å²) in [6.45, 7) is 1.82. The standard InChI is InChI=1S/C16H19NO5/c1-10(16(19)17-12-4-5-12)22-15(18)7-3-11-2-6-13-14(8-11)21-9-20-13/h2,6,8,10,12H,3-5,7,9H2,1H3,(H,17,19). The Labute approximate surface area is 128 Å². The third-order valence-corrected chi connectivity index (χ3v) is 3.66. The van der Waals surface area contributed by atoms with Crippen LogP contribution in [0.3, 0.4) is 0 Å². The molecule has 1 aliphatic heterocycles. The third-order valence-electron chi connectivity index (χ3n) is 3.66. The zero-order valence-corrected chi connectivity index (χ0v) is 12.5. The van der Waals surface area contributed by atoms with Gasteiger partial charge in [-0.2, -0.15) is 0 Å². The average molecular weight is 305 g/mol. The second-order valence-corrected chi connectivity index (χ2v) is 5.60. The van der Waals surface area contributed by atoms with Gasteiger partial charge in [0, 0.05) is 12.5 Å². The van der Waals surface area contributed by atoms with Gasteiger partial charge in [-0.05, 0) is 43.9 Å². The summed E-state index contributed by atoms with van der Waals surface area (Å²) in [6.07, 6.45) is 2.03. The maximum atomic E-state index is 11.8. The van der Waals surface area contributed by atoms with Gasteiger partial charge in [-0.3, -0.25) is 9.59 Å². The lowest BCUT2D eigenvalue weighted by Gasteiger charge is -2.13. The molecule has 2 aliphatic rings. The number of amides is 1. The fourth-order valence-corrected chi connectivity index (χ4v) is 2.20.